The molecule has 1 nitrogen and oxygen atoms in total. The summed E-state index contributed by atoms with van der Waals surface area (Å²) < 4.78 is 0. The van der Waals surface area contributed by atoms with Crippen LogP contribution in [0.15, 0.2) is 0 Å². The second kappa shape index (κ2) is 4.06. The lowest BCUT2D eigenvalue weighted by molar-refractivity contribution is 0.425. The molecule has 2 unspecified atom stereocenters. The van der Waals surface area contributed by atoms with Crippen LogP contribution in [0.2, 0.25) is 0 Å². The Kier molecular flexibility index (Phi) is 3.30. The highest BCUT2D eigenvalue weighted by Crippen LogP contribution is 2.31. The molecule has 70 valence electrons. The first-order valence-electron chi connectivity index (χ1n) is 5.16. The van der Waals surface area contributed by atoms with Gasteiger partial charge in [-0.15, -0.1) is 0 Å². The van der Waals surface area contributed by atoms with Crippen LogP contribution in [-0.4, -0.2) is 5.71 Å². The Morgan fingerprint density at radius 1 is 1.08 bits per heavy atom. The van der Waals surface area contributed by atoms with Crippen LogP contribution < -0.4 is 0 Å². The van der Waals surface area contributed by atoms with Crippen molar-refractivity contribution in [3.63, 3.8) is 0 Å². The summed E-state index contributed by atoms with van der Waals surface area (Å²) in [5.41, 5.74) is 0.900. The molecule has 0 aromatic rings. The van der Waals surface area contributed by atoms with E-state index in [4.69, 9.17) is 5.41 Å². The largest absolute Gasteiger partial charge is 0.310 e. The SMILES string of the molecule is CC(=N)C1CC[C@H](C)CCC1C. The lowest BCUT2D eigenvalue weighted by Gasteiger charge is -2.19. The summed E-state index contributed by atoms with van der Waals surface area (Å²) in [5, 5.41) is 7.68. The van der Waals surface area contributed by atoms with Crippen molar-refractivity contribution in [1.29, 1.82) is 5.41 Å². The fourth-order valence-electron chi connectivity index (χ4n) is 2.28. The standard InChI is InChI=1S/C11H21N/c1-8-4-6-9(2)11(7-5-8)10(3)12/h8-9,11-12H,4-7H2,1-3H3/t8-,9?,11?/m1/s1. The molecule has 1 saturated carbocycles. The van der Waals surface area contributed by atoms with Crippen LogP contribution in [0.5, 0.6) is 0 Å². The molecule has 0 aromatic carbocycles. The number of hydrogen-bond donors (Lipinski definition) is 1. The third-order valence-corrected chi connectivity index (χ3v) is 3.33. The van der Waals surface area contributed by atoms with E-state index in [0.717, 1.165) is 17.5 Å². The van der Waals surface area contributed by atoms with E-state index in [1.54, 1.807) is 0 Å². The predicted molar refractivity (Wildman–Crippen MR) is 53.7 cm³/mol. The van der Waals surface area contributed by atoms with E-state index in [0.29, 0.717) is 5.92 Å². The molecule has 1 N–H and O–H groups in total. The van der Waals surface area contributed by atoms with E-state index in [1.807, 2.05) is 6.92 Å². The molecule has 0 bridgehead atoms. The second-order valence-corrected chi connectivity index (χ2v) is 4.53. The van der Waals surface area contributed by atoms with Gasteiger partial charge in [-0.1, -0.05) is 26.7 Å². The summed E-state index contributed by atoms with van der Waals surface area (Å²) in [6, 6.07) is 0. The molecule has 0 aromatic heterocycles. The maximum Gasteiger partial charge on any atom is 0.00917 e. The Morgan fingerprint density at radius 2 is 1.67 bits per heavy atom. The molecule has 0 aliphatic heterocycles. The second-order valence-electron chi connectivity index (χ2n) is 4.53. The van der Waals surface area contributed by atoms with Crippen molar-refractivity contribution < 1.29 is 0 Å². The van der Waals surface area contributed by atoms with Gasteiger partial charge in [0.2, 0.25) is 0 Å². The smallest absolute Gasteiger partial charge is 0.00917 e. The van der Waals surface area contributed by atoms with Crippen LogP contribution in [-0.2, 0) is 0 Å². The van der Waals surface area contributed by atoms with E-state index >= 15 is 0 Å². The molecule has 1 aliphatic rings. The van der Waals surface area contributed by atoms with Crippen LogP contribution in [0.25, 0.3) is 0 Å². The average molecular weight is 167 g/mol. The van der Waals surface area contributed by atoms with Crippen LogP contribution in [0.4, 0.5) is 0 Å². The summed E-state index contributed by atoms with van der Waals surface area (Å²) in [5.74, 6) is 2.21. The van der Waals surface area contributed by atoms with Gasteiger partial charge in [0.15, 0.2) is 0 Å². The van der Waals surface area contributed by atoms with Gasteiger partial charge in [0.25, 0.3) is 0 Å². The van der Waals surface area contributed by atoms with Gasteiger partial charge in [-0.2, -0.15) is 0 Å². The van der Waals surface area contributed by atoms with Gasteiger partial charge in [-0.25, -0.2) is 0 Å². The minimum atomic E-state index is 0.579. The minimum absolute atomic E-state index is 0.579. The van der Waals surface area contributed by atoms with Crippen LogP contribution in [0.3, 0.4) is 0 Å². The highest BCUT2D eigenvalue weighted by Gasteiger charge is 2.23. The van der Waals surface area contributed by atoms with Gasteiger partial charge in [0.05, 0.1) is 0 Å². The fourth-order valence-corrected chi connectivity index (χ4v) is 2.28. The highest BCUT2D eigenvalue weighted by atomic mass is 14.4. The monoisotopic (exact) mass is 167 g/mol. The number of nitrogens with one attached hydrogen (secondary N) is 1. The van der Waals surface area contributed by atoms with E-state index in [2.05, 4.69) is 13.8 Å². The first kappa shape index (κ1) is 9.76. The molecule has 0 radical (unpaired) electrons. The summed E-state index contributed by atoms with van der Waals surface area (Å²) in [6.07, 6.45) is 5.26. The molecule has 1 aliphatic carbocycles. The summed E-state index contributed by atoms with van der Waals surface area (Å²) >= 11 is 0. The van der Waals surface area contributed by atoms with Crippen molar-refractivity contribution in [2.45, 2.75) is 46.5 Å². The Labute approximate surface area is 76.1 Å². The van der Waals surface area contributed by atoms with Gasteiger partial charge in [-0.3, -0.25) is 0 Å². The fraction of sp³-hybridized carbons (Fsp3) is 0.909. The summed E-state index contributed by atoms with van der Waals surface area (Å²) in [4.78, 5) is 0. The average Bonchev–Trinajstić information content (AvgIpc) is 2.14. The van der Waals surface area contributed by atoms with Crippen molar-refractivity contribution in [1.82, 2.24) is 0 Å². The molecular formula is C11H21N. The maximum absolute atomic E-state index is 7.68. The molecule has 0 heterocycles. The lowest BCUT2D eigenvalue weighted by atomic mass is 9.86. The van der Waals surface area contributed by atoms with E-state index in [1.165, 1.54) is 25.7 Å². The molecule has 0 spiro atoms. The van der Waals surface area contributed by atoms with E-state index in [9.17, 15) is 0 Å². The molecule has 1 rings (SSSR count). The van der Waals surface area contributed by atoms with Crippen molar-refractivity contribution in [3.05, 3.63) is 0 Å². The normalized spacial score (nSPS) is 37.4. The van der Waals surface area contributed by atoms with Gasteiger partial charge in [0, 0.05) is 5.71 Å². The van der Waals surface area contributed by atoms with E-state index in [-0.39, 0.29) is 0 Å². The van der Waals surface area contributed by atoms with Gasteiger partial charge in [-0.05, 0) is 37.5 Å². The van der Waals surface area contributed by atoms with Gasteiger partial charge in [0.1, 0.15) is 0 Å². The molecule has 0 amide bonds. The van der Waals surface area contributed by atoms with Gasteiger partial charge < -0.3 is 5.41 Å². The minimum Gasteiger partial charge on any atom is -0.310 e. The van der Waals surface area contributed by atoms with Crippen molar-refractivity contribution in [2.75, 3.05) is 0 Å². The zero-order valence-electron chi connectivity index (χ0n) is 8.56. The van der Waals surface area contributed by atoms with Crippen molar-refractivity contribution in [3.8, 4) is 0 Å². The summed E-state index contributed by atoms with van der Waals surface area (Å²) in [7, 11) is 0. The lowest BCUT2D eigenvalue weighted by Crippen LogP contribution is -2.17. The number of hydrogen-bond acceptors (Lipinski definition) is 1. The third kappa shape index (κ3) is 2.33. The molecule has 3 atom stereocenters. The van der Waals surface area contributed by atoms with Crippen molar-refractivity contribution in [2.24, 2.45) is 17.8 Å². The Morgan fingerprint density at radius 3 is 2.25 bits per heavy atom. The zero-order valence-corrected chi connectivity index (χ0v) is 8.56. The van der Waals surface area contributed by atoms with E-state index < -0.39 is 0 Å². The molecular weight excluding hydrogens is 146 g/mol. The predicted octanol–water partition coefficient (Wildman–Crippen LogP) is 3.49. The number of rotatable bonds is 1. The van der Waals surface area contributed by atoms with Gasteiger partial charge >= 0.3 is 0 Å². The Hall–Kier alpha value is -0.330. The Bertz CT molecular complexity index is 162. The zero-order chi connectivity index (χ0) is 9.14. The Balaban J connectivity index is 2.56. The highest BCUT2D eigenvalue weighted by molar-refractivity contribution is 5.81. The first-order valence-corrected chi connectivity index (χ1v) is 5.16. The van der Waals surface area contributed by atoms with Crippen LogP contribution in [0.1, 0.15) is 46.5 Å². The molecule has 1 fully saturated rings. The summed E-state index contributed by atoms with van der Waals surface area (Å²) in [6.45, 7) is 6.62. The van der Waals surface area contributed by atoms with Crippen LogP contribution in [0, 0.1) is 23.2 Å². The first-order chi connectivity index (χ1) is 5.61. The van der Waals surface area contributed by atoms with Crippen molar-refractivity contribution >= 4 is 5.71 Å². The quantitative estimate of drug-likeness (QED) is 0.456. The topological polar surface area (TPSA) is 23.9 Å². The molecule has 0 saturated heterocycles. The third-order valence-electron chi connectivity index (χ3n) is 3.33. The van der Waals surface area contributed by atoms with Crippen LogP contribution >= 0.6 is 0 Å². The molecule has 1 heteroatoms. The molecule has 12 heavy (non-hydrogen) atoms. The maximum atomic E-state index is 7.68.